The fraction of sp³-hybridized carbons (Fsp3) is 0.0833. The minimum absolute atomic E-state index is 0.0677. The molecule has 0 atom stereocenters. The molecule has 39 heavy (non-hydrogen) atoms. The molecule has 0 aromatic heterocycles. The second-order valence-corrected chi connectivity index (χ2v) is 9.26. The Kier molecular flexibility index (Phi) is 8.71. The Morgan fingerprint density at radius 2 is 1.56 bits per heavy atom. The van der Waals surface area contributed by atoms with Crippen molar-refractivity contribution < 1.29 is 40.8 Å². The van der Waals surface area contributed by atoms with Crippen LogP contribution >= 0.6 is 31.9 Å². The molecule has 0 saturated carbocycles. The summed E-state index contributed by atoms with van der Waals surface area (Å²) in [5.41, 5.74) is -3.63. The summed E-state index contributed by atoms with van der Waals surface area (Å²) in [5, 5.41) is 23.0. The second-order valence-electron chi connectivity index (χ2n) is 7.56. The number of hydrogen-bond acceptors (Lipinski definition) is 5. The number of nitriles is 1. The van der Waals surface area contributed by atoms with Crippen LogP contribution in [0.4, 0.5) is 37.7 Å². The van der Waals surface area contributed by atoms with Crippen LogP contribution in [0, 0.1) is 21.4 Å². The van der Waals surface area contributed by atoms with Crippen molar-refractivity contribution in [3.05, 3.63) is 95.9 Å². The summed E-state index contributed by atoms with van der Waals surface area (Å²) in [5.74, 6) is -1.55. The van der Waals surface area contributed by atoms with Crippen molar-refractivity contribution in [1.82, 2.24) is 0 Å². The van der Waals surface area contributed by atoms with E-state index in [0.717, 1.165) is 24.3 Å². The minimum atomic E-state index is -4.82. The first kappa shape index (κ1) is 29.7. The molecule has 0 bridgehead atoms. The number of benzene rings is 3. The highest BCUT2D eigenvalue weighted by atomic mass is 79.9. The molecule has 0 heterocycles. The van der Waals surface area contributed by atoms with E-state index in [2.05, 4.69) is 37.2 Å². The van der Waals surface area contributed by atoms with E-state index in [1.54, 1.807) is 6.07 Å². The lowest BCUT2D eigenvalue weighted by Crippen LogP contribution is -2.14. The molecule has 3 aromatic carbocycles. The zero-order valence-electron chi connectivity index (χ0n) is 18.8. The van der Waals surface area contributed by atoms with Crippen molar-refractivity contribution in [1.29, 1.82) is 5.26 Å². The molecule has 202 valence electrons. The largest absolute Gasteiger partial charge is 0.448 e. The molecule has 1 N–H and O–H groups in total. The van der Waals surface area contributed by atoms with Gasteiger partial charge in [0.1, 0.15) is 11.6 Å². The van der Waals surface area contributed by atoms with Gasteiger partial charge in [-0.05, 0) is 86.0 Å². The number of nitro groups is 1. The summed E-state index contributed by atoms with van der Waals surface area (Å²) in [6, 6.07) is 9.87. The van der Waals surface area contributed by atoms with E-state index >= 15 is 0 Å². The first-order valence-corrected chi connectivity index (χ1v) is 11.8. The van der Waals surface area contributed by atoms with Crippen molar-refractivity contribution in [2.75, 3.05) is 5.32 Å². The van der Waals surface area contributed by atoms with Crippen LogP contribution in [-0.4, -0.2) is 10.8 Å². The van der Waals surface area contributed by atoms with Crippen molar-refractivity contribution in [3.8, 4) is 17.6 Å². The van der Waals surface area contributed by atoms with Gasteiger partial charge in [-0.15, -0.1) is 0 Å². The number of amides is 1. The molecule has 0 aliphatic carbocycles. The van der Waals surface area contributed by atoms with Gasteiger partial charge < -0.3 is 10.1 Å². The van der Waals surface area contributed by atoms with Crippen LogP contribution < -0.4 is 10.1 Å². The number of nitrogens with one attached hydrogen (secondary N) is 1. The molecule has 0 aliphatic heterocycles. The molecule has 0 saturated heterocycles. The van der Waals surface area contributed by atoms with E-state index in [1.165, 1.54) is 18.2 Å². The van der Waals surface area contributed by atoms with Gasteiger partial charge in [-0.3, -0.25) is 14.9 Å². The lowest BCUT2D eigenvalue weighted by Gasteiger charge is -2.13. The van der Waals surface area contributed by atoms with Gasteiger partial charge >= 0.3 is 18.0 Å². The van der Waals surface area contributed by atoms with Gasteiger partial charge in [-0.1, -0.05) is 6.07 Å². The lowest BCUT2D eigenvalue weighted by molar-refractivity contribution is -0.385. The van der Waals surface area contributed by atoms with E-state index < -0.39 is 51.3 Å². The van der Waals surface area contributed by atoms with E-state index in [4.69, 9.17) is 4.74 Å². The maximum Gasteiger partial charge on any atom is 0.416 e. The molecule has 0 aliphatic rings. The standard InChI is InChI=1S/C24H11Br2F6N3O4/c25-17-7-12(6-13(11-33)22(36)34-16-3-1-2-14(9-16)23(27,28)29)8-18(26)21(17)39-20-5-4-15(24(30,31)32)10-19(20)35(37)38/h1-10H,(H,34,36)/b13-6+. The van der Waals surface area contributed by atoms with Crippen molar-refractivity contribution in [2.24, 2.45) is 0 Å². The molecule has 0 unspecified atom stereocenters. The maximum absolute atomic E-state index is 13.0. The maximum atomic E-state index is 13.0. The number of ether oxygens (including phenoxy) is 1. The van der Waals surface area contributed by atoms with Gasteiger partial charge in [0.05, 0.1) is 25.0 Å². The lowest BCUT2D eigenvalue weighted by atomic mass is 10.1. The first-order valence-electron chi connectivity index (χ1n) is 10.2. The van der Waals surface area contributed by atoms with Crippen molar-refractivity contribution >= 4 is 55.2 Å². The fourth-order valence-electron chi connectivity index (χ4n) is 3.08. The number of halogens is 8. The summed E-state index contributed by atoms with van der Waals surface area (Å²) in [7, 11) is 0. The number of carbonyl (C=O) groups is 1. The number of carbonyl (C=O) groups excluding carboxylic acids is 1. The van der Waals surface area contributed by atoms with Gasteiger partial charge in [0.2, 0.25) is 5.75 Å². The fourth-order valence-corrected chi connectivity index (χ4v) is 4.46. The summed E-state index contributed by atoms with van der Waals surface area (Å²) in [4.78, 5) is 22.8. The highest BCUT2D eigenvalue weighted by Gasteiger charge is 2.34. The van der Waals surface area contributed by atoms with Gasteiger partial charge in [0, 0.05) is 11.8 Å². The molecular weight excluding hydrogens is 668 g/mol. The van der Waals surface area contributed by atoms with Crippen LogP contribution in [0.5, 0.6) is 11.5 Å². The van der Waals surface area contributed by atoms with Crippen molar-refractivity contribution in [3.63, 3.8) is 0 Å². The molecule has 3 rings (SSSR count). The van der Waals surface area contributed by atoms with Crippen molar-refractivity contribution in [2.45, 2.75) is 12.4 Å². The van der Waals surface area contributed by atoms with Gasteiger partial charge in [0.25, 0.3) is 5.91 Å². The number of nitro benzene ring substituents is 1. The topological polar surface area (TPSA) is 105 Å². The average molecular weight is 679 g/mol. The highest BCUT2D eigenvalue weighted by Crippen LogP contribution is 2.43. The summed E-state index contributed by atoms with van der Waals surface area (Å²) < 4.78 is 83.4. The monoisotopic (exact) mass is 677 g/mol. The van der Waals surface area contributed by atoms with Crippen LogP contribution in [0.2, 0.25) is 0 Å². The van der Waals surface area contributed by atoms with E-state index in [-0.39, 0.29) is 25.9 Å². The van der Waals surface area contributed by atoms with E-state index in [0.29, 0.717) is 18.2 Å². The molecule has 3 aromatic rings. The third kappa shape index (κ3) is 7.36. The Labute approximate surface area is 232 Å². The quantitative estimate of drug-likeness (QED) is 0.0926. The first-order chi connectivity index (χ1) is 18.1. The van der Waals surface area contributed by atoms with Crippen LogP contribution in [0.15, 0.2) is 69.1 Å². The highest BCUT2D eigenvalue weighted by molar-refractivity contribution is 9.11. The minimum Gasteiger partial charge on any atom is -0.448 e. The second kappa shape index (κ2) is 11.5. The van der Waals surface area contributed by atoms with Crippen LogP contribution in [-0.2, 0) is 17.1 Å². The molecule has 15 heteroatoms. The molecular formula is C24H11Br2F6N3O4. The van der Waals surface area contributed by atoms with E-state index in [9.17, 15) is 46.5 Å². The third-order valence-electron chi connectivity index (χ3n) is 4.84. The molecule has 7 nitrogen and oxygen atoms in total. The average Bonchev–Trinajstić information content (AvgIpc) is 2.83. The normalized spacial score (nSPS) is 12.0. The predicted molar refractivity (Wildman–Crippen MR) is 134 cm³/mol. The Bertz CT molecular complexity index is 1510. The Morgan fingerprint density at radius 1 is 0.974 bits per heavy atom. The smallest absolute Gasteiger partial charge is 0.416 e. The zero-order valence-corrected chi connectivity index (χ0v) is 22.0. The summed E-state index contributed by atoms with van der Waals surface area (Å²) in [6.07, 6.45) is -8.34. The molecule has 0 spiro atoms. The van der Waals surface area contributed by atoms with Crippen LogP contribution in [0.1, 0.15) is 16.7 Å². The molecule has 0 radical (unpaired) electrons. The number of rotatable bonds is 6. The van der Waals surface area contributed by atoms with Gasteiger partial charge in [-0.2, -0.15) is 31.6 Å². The zero-order chi connectivity index (χ0) is 29.1. The SMILES string of the molecule is N#C/C(=C\c1cc(Br)c(Oc2ccc(C(F)(F)F)cc2[N+](=O)[O-])c(Br)c1)C(=O)Nc1cccc(C(F)(F)F)c1. The molecule has 1 amide bonds. The van der Waals surface area contributed by atoms with Gasteiger partial charge in [-0.25, -0.2) is 0 Å². The predicted octanol–water partition coefficient (Wildman–Crippen LogP) is 8.50. The van der Waals surface area contributed by atoms with Crippen LogP contribution in [0.25, 0.3) is 6.08 Å². The third-order valence-corrected chi connectivity index (χ3v) is 6.02. The number of nitrogens with zero attached hydrogens (tertiary/aromatic N) is 2. The van der Waals surface area contributed by atoms with Crippen LogP contribution in [0.3, 0.4) is 0 Å². The van der Waals surface area contributed by atoms with E-state index in [1.807, 2.05) is 0 Å². The number of anilines is 1. The number of alkyl halides is 6. The Balaban J connectivity index is 1.89. The summed E-state index contributed by atoms with van der Waals surface area (Å²) >= 11 is 6.34. The van der Waals surface area contributed by atoms with Gasteiger partial charge in [0.15, 0.2) is 5.75 Å². The number of hydrogen-bond donors (Lipinski definition) is 1. The summed E-state index contributed by atoms with van der Waals surface area (Å²) in [6.45, 7) is 0. The Morgan fingerprint density at radius 3 is 2.10 bits per heavy atom. The molecule has 0 fully saturated rings. The Hall–Kier alpha value is -3.90.